The molecule has 0 radical (unpaired) electrons. The van der Waals surface area contributed by atoms with Crippen molar-refractivity contribution in [1.82, 2.24) is 4.90 Å². The predicted octanol–water partition coefficient (Wildman–Crippen LogP) is 3.44. The molecule has 0 unspecified atom stereocenters. The number of nitro benzene ring substituents is 1. The van der Waals surface area contributed by atoms with E-state index in [0.717, 1.165) is 44.0 Å². The molecule has 7 heteroatoms. The molecule has 0 aromatic heterocycles. The number of methoxy groups -OCH3 is 2. The maximum Gasteiger partial charge on any atom is 0.269 e. The van der Waals surface area contributed by atoms with Gasteiger partial charge in [-0.1, -0.05) is 0 Å². The highest BCUT2D eigenvalue weighted by Crippen LogP contribution is 2.33. The molecule has 2 aromatic carbocycles. The molecule has 0 aliphatic carbocycles. The van der Waals surface area contributed by atoms with Crippen molar-refractivity contribution in [2.24, 2.45) is 0 Å². The molecule has 0 N–H and O–H groups in total. The van der Waals surface area contributed by atoms with Gasteiger partial charge in [0.2, 0.25) is 0 Å². The highest BCUT2D eigenvalue weighted by Gasteiger charge is 2.19. The lowest BCUT2D eigenvalue weighted by atomic mass is 9.98. The average molecular weight is 376 g/mol. The molecule has 0 saturated heterocycles. The Morgan fingerprint density at radius 3 is 2.48 bits per heavy atom. The summed E-state index contributed by atoms with van der Waals surface area (Å²) in [6, 6.07) is 6.02. The lowest BCUT2D eigenvalue weighted by Crippen LogP contribution is -2.32. The Labute approximate surface area is 161 Å². The van der Waals surface area contributed by atoms with Crippen LogP contribution in [0.4, 0.5) is 5.69 Å². The lowest BCUT2D eigenvalue weighted by Gasteiger charge is -2.29. The van der Waals surface area contributed by atoms with Crippen molar-refractivity contribution in [1.29, 1.82) is 0 Å². The Balaban J connectivity index is 1.53. The topological polar surface area (TPSA) is 74.1 Å². The van der Waals surface area contributed by atoms with Crippen LogP contribution >= 0.6 is 0 Å². The van der Waals surface area contributed by atoms with Gasteiger partial charge in [0.05, 0.1) is 28.5 Å². The Morgan fingerprint density at radius 1 is 1.19 bits per heavy atom. The zero-order valence-electron chi connectivity index (χ0n) is 17.5. The minimum atomic E-state index is -0.715. The first-order valence-corrected chi connectivity index (χ1v) is 8.77. The van der Waals surface area contributed by atoms with Crippen LogP contribution in [0.25, 0.3) is 0 Å². The van der Waals surface area contributed by atoms with E-state index in [1.807, 2.05) is 12.1 Å². The van der Waals surface area contributed by atoms with Crippen LogP contribution in [0, 0.1) is 10.1 Å². The highest BCUT2D eigenvalue weighted by atomic mass is 16.6. The van der Waals surface area contributed by atoms with E-state index in [0.29, 0.717) is 12.4 Å². The largest absolute Gasteiger partial charge is 0.494 e. The molecule has 0 bridgehead atoms. The van der Waals surface area contributed by atoms with E-state index < -0.39 is 10.6 Å². The normalized spacial score (nSPS) is 14.7. The number of rotatable bonds is 8. The summed E-state index contributed by atoms with van der Waals surface area (Å²) >= 11 is 0. The summed E-state index contributed by atoms with van der Waals surface area (Å²) in [4.78, 5) is 12.5. The van der Waals surface area contributed by atoms with Crippen molar-refractivity contribution in [2.75, 3.05) is 33.9 Å². The van der Waals surface area contributed by atoms with Crippen LogP contribution in [0.15, 0.2) is 36.4 Å². The average Bonchev–Trinajstić information content (AvgIpc) is 2.69. The summed E-state index contributed by atoms with van der Waals surface area (Å²) in [6.45, 7) is 3.00. The van der Waals surface area contributed by atoms with Crippen molar-refractivity contribution >= 4 is 5.69 Å². The van der Waals surface area contributed by atoms with E-state index in [1.54, 1.807) is 14.2 Å². The fraction of sp³-hybridized carbons (Fsp3) is 0.400. The van der Waals surface area contributed by atoms with Gasteiger partial charge in [-0.25, -0.2) is 0 Å². The number of fused-ring (bicyclic) bond motifs is 1. The van der Waals surface area contributed by atoms with Crippen LogP contribution < -0.4 is 14.2 Å². The van der Waals surface area contributed by atoms with Gasteiger partial charge in [0.25, 0.3) is 5.69 Å². The second kappa shape index (κ2) is 8.73. The van der Waals surface area contributed by atoms with Crippen LogP contribution in [0.5, 0.6) is 17.2 Å². The number of benzene rings is 2. The molecule has 1 heterocycles. The molecule has 0 saturated carbocycles. The minimum absolute atomic E-state index is 0.311. The van der Waals surface area contributed by atoms with Gasteiger partial charge in [-0.15, -0.1) is 0 Å². The monoisotopic (exact) mass is 376 g/mol. The second-order valence-electron chi connectivity index (χ2n) is 6.29. The summed E-state index contributed by atoms with van der Waals surface area (Å²) in [7, 11) is 3.27. The van der Waals surface area contributed by atoms with E-state index in [2.05, 4.69) is 4.90 Å². The van der Waals surface area contributed by atoms with Crippen LogP contribution in [-0.2, 0) is 13.0 Å². The van der Waals surface area contributed by atoms with Gasteiger partial charge in [-0.05, 0) is 48.2 Å². The molecule has 7 nitrogen and oxygen atoms in total. The molecule has 27 heavy (non-hydrogen) atoms. The molecule has 0 spiro atoms. The Hall–Kier alpha value is -2.80. The first-order chi connectivity index (χ1) is 13.9. The molecule has 1 aliphatic rings. The molecule has 1 aliphatic heterocycles. The third-order valence-corrected chi connectivity index (χ3v) is 4.57. The van der Waals surface area contributed by atoms with Crippen LogP contribution in [0.2, 0.25) is 0 Å². The molecule has 0 atom stereocenters. The molecular formula is C20H24N2O5. The van der Waals surface area contributed by atoms with Gasteiger partial charge in [0.15, 0.2) is 11.5 Å². The number of ether oxygens (including phenoxy) is 3. The maximum absolute atomic E-state index is 10.9. The third kappa shape index (κ3) is 4.68. The van der Waals surface area contributed by atoms with E-state index in [9.17, 15) is 10.1 Å². The van der Waals surface area contributed by atoms with E-state index in [1.165, 1.54) is 23.3 Å². The van der Waals surface area contributed by atoms with Gasteiger partial charge < -0.3 is 14.2 Å². The summed E-state index contributed by atoms with van der Waals surface area (Å²) in [5, 5.41) is 10.9. The molecule has 3 rings (SSSR count). The van der Waals surface area contributed by atoms with Crippen molar-refractivity contribution < 1.29 is 21.9 Å². The van der Waals surface area contributed by atoms with Gasteiger partial charge in [-0.3, -0.25) is 15.0 Å². The molecule has 2 aromatic rings. The van der Waals surface area contributed by atoms with Crippen molar-refractivity contribution in [3.8, 4) is 17.2 Å². The quantitative estimate of drug-likeness (QED) is 0.399. The fourth-order valence-electron chi connectivity index (χ4n) is 3.16. The SMILES string of the molecule is [3H]c1cc(OCCCN2CCc3cc(OC)c(OC)cc3C2)cc([3H])c1[N+](=O)[O-]. The number of hydrogen-bond acceptors (Lipinski definition) is 6. The van der Waals surface area contributed by atoms with Crippen LogP contribution in [0.1, 0.15) is 20.3 Å². The smallest absolute Gasteiger partial charge is 0.269 e. The minimum Gasteiger partial charge on any atom is -0.494 e. The third-order valence-electron chi connectivity index (χ3n) is 4.57. The molecule has 0 fully saturated rings. The van der Waals surface area contributed by atoms with E-state index >= 15 is 0 Å². The number of nitro groups is 1. The summed E-state index contributed by atoms with van der Waals surface area (Å²) in [5.74, 6) is 1.79. The van der Waals surface area contributed by atoms with E-state index in [-0.39, 0.29) is 12.1 Å². The summed E-state index contributed by atoms with van der Waals surface area (Å²) < 4.78 is 31.7. The highest BCUT2D eigenvalue weighted by molar-refractivity contribution is 5.48. The standard InChI is InChI=1S/C20H24N2O5/c1-25-19-12-15-8-10-21(14-16(15)13-20(19)26-2)9-3-11-27-18-6-4-17(5-7-18)22(23)24/h4-7,12-13H,3,8-11,14H2,1-2H3/i4T,5T. The zero-order chi connectivity index (χ0) is 21.0. The molecule has 0 amide bonds. The van der Waals surface area contributed by atoms with Crippen molar-refractivity contribution in [3.63, 3.8) is 0 Å². The van der Waals surface area contributed by atoms with Crippen molar-refractivity contribution in [2.45, 2.75) is 19.4 Å². The Bertz CT molecular complexity index is 884. The van der Waals surface area contributed by atoms with Crippen molar-refractivity contribution in [3.05, 3.63) is 57.6 Å². The first kappa shape index (κ1) is 16.4. The second-order valence-corrected chi connectivity index (χ2v) is 6.29. The van der Waals surface area contributed by atoms with Gasteiger partial charge in [-0.2, -0.15) is 0 Å². The predicted molar refractivity (Wildman–Crippen MR) is 102 cm³/mol. The Morgan fingerprint density at radius 2 is 1.85 bits per heavy atom. The van der Waals surface area contributed by atoms with Crippen LogP contribution in [-0.4, -0.2) is 43.7 Å². The van der Waals surface area contributed by atoms with Gasteiger partial charge in [0, 0.05) is 31.7 Å². The maximum atomic E-state index is 10.9. The lowest BCUT2D eigenvalue weighted by molar-refractivity contribution is -0.384. The fourth-order valence-corrected chi connectivity index (χ4v) is 3.16. The zero-order valence-corrected chi connectivity index (χ0v) is 15.5. The summed E-state index contributed by atoms with van der Waals surface area (Å²) in [6.07, 6.45) is 1.70. The van der Waals surface area contributed by atoms with E-state index in [4.69, 9.17) is 17.0 Å². The number of nitrogens with zero attached hydrogens (tertiary/aromatic N) is 2. The summed E-state index contributed by atoms with van der Waals surface area (Å²) in [5.41, 5.74) is 1.99. The molecular weight excluding hydrogens is 348 g/mol. The Kier molecular flexibility index (Phi) is 5.29. The number of hydrogen-bond donors (Lipinski definition) is 0. The molecule has 144 valence electrons. The first-order valence-electron chi connectivity index (χ1n) is 9.77. The van der Waals surface area contributed by atoms with Gasteiger partial charge in [0.1, 0.15) is 5.75 Å². The van der Waals surface area contributed by atoms with Gasteiger partial charge >= 0.3 is 0 Å². The van der Waals surface area contributed by atoms with Crippen LogP contribution in [0.3, 0.4) is 0 Å².